The third kappa shape index (κ3) is 6.57. The first kappa shape index (κ1) is 32.6. The molecule has 2 amide bonds. The van der Waals surface area contributed by atoms with Gasteiger partial charge in [0.15, 0.2) is 0 Å². The van der Waals surface area contributed by atoms with Crippen molar-refractivity contribution in [2.45, 2.75) is 38.2 Å². The number of rotatable bonds is 6. The van der Waals surface area contributed by atoms with Gasteiger partial charge in [0.05, 0.1) is 11.3 Å². The van der Waals surface area contributed by atoms with Gasteiger partial charge in [-0.1, -0.05) is 35.0 Å². The van der Waals surface area contributed by atoms with Gasteiger partial charge in [0, 0.05) is 39.5 Å². The van der Waals surface area contributed by atoms with Crippen LogP contribution in [0, 0.1) is 13.8 Å². The first-order valence-electron chi connectivity index (χ1n) is 13.7. The Hall–Kier alpha value is -4.84. The number of halogens is 7. The van der Waals surface area contributed by atoms with E-state index in [-0.39, 0.29) is 33.8 Å². The van der Waals surface area contributed by atoms with Gasteiger partial charge in [-0.25, -0.2) is 0 Å². The molecule has 13 heteroatoms. The Kier molecular flexibility index (Phi) is 8.61. The van der Waals surface area contributed by atoms with Gasteiger partial charge >= 0.3 is 12.4 Å². The van der Waals surface area contributed by atoms with Crippen molar-refractivity contribution in [3.8, 4) is 0 Å². The minimum Gasteiger partial charge on any atom is -0.374 e. The molecule has 0 fully saturated rings. The van der Waals surface area contributed by atoms with E-state index in [0.717, 1.165) is 24.3 Å². The lowest BCUT2D eigenvalue weighted by Gasteiger charge is -2.30. The Morgan fingerprint density at radius 3 is 2.00 bits per heavy atom. The zero-order valence-electron chi connectivity index (χ0n) is 24.1. The summed E-state index contributed by atoms with van der Waals surface area (Å²) in [6.07, 6.45) is -9.96. The normalized spacial score (nSPS) is 16.4. The van der Waals surface area contributed by atoms with Gasteiger partial charge < -0.3 is 15.5 Å². The van der Waals surface area contributed by atoms with Gasteiger partial charge in [0.2, 0.25) is 0 Å². The average molecular weight is 660 g/mol. The second kappa shape index (κ2) is 12.2. The number of carbonyl (C=O) groups excluding carboxylic acids is 2. The largest absolute Gasteiger partial charge is 0.435 e. The molecule has 0 aromatic heterocycles. The number of alkyl halides is 6. The predicted molar refractivity (Wildman–Crippen MR) is 161 cm³/mol. The van der Waals surface area contributed by atoms with E-state index in [1.165, 1.54) is 36.4 Å². The summed E-state index contributed by atoms with van der Waals surface area (Å²) in [7, 11) is 0. The molecule has 4 aromatic rings. The summed E-state index contributed by atoms with van der Waals surface area (Å²) in [6.45, 7) is 3.10. The highest BCUT2D eigenvalue weighted by Gasteiger charge is 2.62. The minimum absolute atomic E-state index is 0.0252. The van der Waals surface area contributed by atoms with Crippen LogP contribution in [0.3, 0.4) is 0 Å². The van der Waals surface area contributed by atoms with Crippen LogP contribution in [-0.2, 0) is 16.6 Å². The van der Waals surface area contributed by atoms with E-state index >= 15 is 0 Å². The Balaban J connectivity index is 1.33. The van der Waals surface area contributed by atoms with Gasteiger partial charge in [0.1, 0.15) is 0 Å². The van der Waals surface area contributed by atoms with Crippen molar-refractivity contribution in [3.05, 3.63) is 129 Å². The summed E-state index contributed by atoms with van der Waals surface area (Å²) in [5.41, 5.74) is -2.06. The molecule has 0 saturated heterocycles. The number of aryl methyl sites for hydroxylation is 2. The minimum atomic E-state index is -4.83. The molecule has 0 bridgehead atoms. The molecule has 0 radical (unpaired) electrons. The summed E-state index contributed by atoms with van der Waals surface area (Å²) >= 11 is 5.91. The third-order valence-electron chi connectivity index (χ3n) is 7.46. The molecule has 6 nitrogen and oxygen atoms in total. The lowest BCUT2D eigenvalue weighted by Crippen LogP contribution is -2.42. The number of carbonyl (C=O) groups is 2. The van der Waals surface area contributed by atoms with Gasteiger partial charge in [-0.05, 0) is 97.3 Å². The standard InChI is InChI=1S/C33H24ClF6N3O3/c1-18-14-24(31(33(38,39)40)17-27(43-46-31)20-8-12-25(34)13-9-20)15-19(2)28(18)42-30(45)22-4-3-5-26(16-22)41-29(44)21-6-10-23(11-7-21)32(35,36)37/h3-16H,17H2,1-2H3,(H,41,44)(H,42,45). The second-order valence-corrected chi connectivity index (χ2v) is 11.1. The zero-order chi connectivity index (χ0) is 33.4. The summed E-state index contributed by atoms with van der Waals surface area (Å²) in [6, 6.07) is 18.2. The molecule has 5 rings (SSSR count). The molecular formula is C33H24ClF6N3O3. The van der Waals surface area contributed by atoms with Gasteiger partial charge in [0.25, 0.3) is 17.4 Å². The number of amides is 2. The van der Waals surface area contributed by atoms with Crippen molar-refractivity contribution in [1.82, 2.24) is 0 Å². The van der Waals surface area contributed by atoms with Crippen LogP contribution < -0.4 is 10.6 Å². The Bertz CT molecular complexity index is 1810. The first-order chi connectivity index (χ1) is 21.6. The molecule has 1 aliphatic rings. The molecule has 2 N–H and O–H groups in total. The van der Waals surface area contributed by atoms with Gasteiger partial charge in [-0.2, -0.15) is 26.3 Å². The molecule has 46 heavy (non-hydrogen) atoms. The zero-order valence-corrected chi connectivity index (χ0v) is 24.9. The number of anilines is 2. The van der Waals surface area contributed by atoms with E-state index < -0.39 is 41.8 Å². The van der Waals surface area contributed by atoms with E-state index in [2.05, 4.69) is 15.8 Å². The Labute approximate surface area is 264 Å². The number of nitrogens with zero attached hydrogens (tertiary/aromatic N) is 1. The maximum absolute atomic E-state index is 14.6. The fourth-order valence-electron chi connectivity index (χ4n) is 5.03. The molecule has 1 unspecified atom stereocenters. The summed E-state index contributed by atoms with van der Waals surface area (Å²) in [5, 5.41) is 9.44. The monoisotopic (exact) mass is 659 g/mol. The van der Waals surface area contributed by atoms with Crippen molar-refractivity contribution in [1.29, 1.82) is 0 Å². The van der Waals surface area contributed by atoms with Crippen LogP contribution in [0.15, 0.2) is 90.1 Å². The van der Waals surface area contributed by atoms with E-state index in [9.17, 15) is 35.9 Å². The lowest BCUT2D eigenvalue weighted by atomic mass is 9.84. The molecule has 0 aliphatic carbocycles. The Morgan fingerprint density at radius 1 is 0.804 bits per heavy atom. The molecule has 238 valence electrons. The Morgan fingerprint density at radius 2 is 1.41 bits per heavy atom. The molecular weight excluding hydrogens is 636 g/mol. The second-order valence-electron chi connectivity index (χ2n) is 10.7. The van der Waals surface area contributed by atoms with E-state index in [1.807, 2.05) is 0 Å². The van der Waals surface area contributed by atoms with Crippen LogP contribution in [0.4, 0.5) is 37.7 Å². The molecule has 1 heterocycles. The van der Waals surface area contributed by atoms with Crippen LogP contribution in [0.25, 0.3) is 0 Å². The van der Waals surface area contributed by atoms with Crippen molar-refractivity contribution < 1.29 is 40.8 Å². The molecule has 4 aromatic carbocycles. The predicted octanol–water partition coefficient (Wildman–Crippen LogP) is 9.06. The third-order valence-corrected chi connectivity index (χ3v) is 7.71. The number of benzene rings is 4. The number of hydrogen-bond acceptors (Lipinski definition) is 4. The van der Waals surface area contributed by atoms with E-state index in [1.54, 1.807) is 38.1 Å². The highest BCUT2D eigenvalue weighted by Crippen LogP contribution is 2.49. The topological polar surface area (TPSA) is 79.8 Å². The quantitative estimate of drug-likeness (QED) is 0.203. The van der Waals surface area contributed by atoms with Crippen LogP contribution >= 0.6 is 11.6 Å². The fourth-order valence-corrected chi connectivity index (χ4v) is 5.16. The molecule has 0 saturated carbocycles. The number of oxime groups is 1. The van der Waals surface area contributed by atoms with Crippen LogP contribution in [-0.4, -0.2) is 23.7 Å². The van der Waals surface area contributed by atoms with Crippen LogP contribution in [0.5, 0.6) is 0 Å². The maximum atomic E-state index is 14.6. The van der Waals surface area contributed by atoms with Gasteiger partial charge in [-0.15, -0.1) is 0 Å². The number of hydrogen-bond donors (Lipinski definition) is 2. The maximum Gasteiger partial charge on any atom is 0.435 e. The van der Waals surface area contributed by atoms with Crippen LogP contribution in [0.2, 0.25) is 5.02 Å². The fraction of sp³-hybridized carbons (Fsp3) is 0.182. The van der Waals surface area contributed by atoms with Crippen molar-refractivity contribution in [2.24, 2.45) is 5.16 Å². The SMILES string of the molecule is Cc1cc(C2(C(F)(F)F)CC(c3ccc(Cl)cc3)=NO2)cc(C)c1NC(=O)c1cccc(NC(=O)c2ccc(C(F)(F)F)cc2)c1. The highest BCUT2D eigenvalue weighted by molar-refractivity contribution is 6.30. The first-order valence-corrected chi connectivity index (χ1v) is 14.0. The lowest BCUT2D eigenvalue weighted by molar-refractivity contribution is -0.275. The van der Waals surface area contributed by atoms with E-state index in [4.69, 9.17) is 16.4 Å². The molecule has 1 aliphatic heterocycles. The summed E-state index contributed by atoms with van der Waals surface area (Å²) in [4.78, 5) is 30.9. The highest BCUT2D eigenvalue weighted by atomic mass is 35.5. The van der Waals surface area contributed by atoms with E-state index in [0.29, 0.717) is 21.7 Å². The smallest absolute Gasteiger partial charge is 0.374 e. The van der Waals surface area contributed by atoms with Crippen molar-refractivity contribution in [2.75, 3.05) is 10.6 Å². The number of nitrogens with one attached hydrogen (secondary N) is 2. The van der Waals surface area contributed by atoms with Gasteiger partial charge in [-0.3, -0.25) is 9.59 Å². The summed E-state index contributed by atoms with van der Waals surface area (Å²) in [5.74, 6) is -1.30. The molecule has 0 spiro atoms. The summed E-state index contributed by atoms with van der Waals surface area (Å²) < 4.78 is 82.3. The average Bonchev–Trinajstić information content (AvgIpc) is 3.46. The van der Waals surface area contributed by atoms with Crippen molar-refractivity contribution in [3.63, 3.8) is 0 Å². The van der Waals surface area contributed by atoms with Crippen LogP contribution in [0.1, 0.15) is 55.0 Å². The van der Waals surface area contributed by atoms with Crippen molar-refractivity contribution >= 4 is 40.5 Å². The molecule has 1 atom stereocenters.